The number of carbonyl (C=O) groups is 1. The van der Waals surface area contributed by atoms with Crippen molar-refractivity contribution in [3.63, 3.8) is 0 Å². The third kappa shape index (κ3) is 3.59. The first-order chi connectivity index (χ1) is 11.1. The van der Waals surface area contributed by atoms with E-state index < -0.39 is 0 Å². The highest BCUT2D eigenvalue weighted by Crippen LogP contribution is 2.27. The molecule has 0 saturated carbocycles. The molecule has 3 aromatic rings. The molecule has 2 heteroatoms. The Morgan fingerprint density at radius 1 is 0.913 bits per heavy atom. The maximum absolute atomic E-state index is 11.3. The zero-order chi connectivity index (χ0) is 16.2. The van der Waals surface area contributed by atoms with Crippen LogP contribution in [0.4, 0.5) is 0 Å². The summed E-state index contributed by atoms with van der Waals surface area (Å²) in [5.41, 5.74) is 2.98. The van der Waals surface area contributed by atoms with Gasteiger partial charge in [-0.05, 0) is 36.6 Å². The SMILES string of the molecule is CC(=O)Oc1cc(C#Cc2ccc(C)cc2)cc2ccccc12. The number of ether oxygens (including phenoxy) is 1. The van der Waals surface area contributed by atoms with Crippen LogP contribution in [0.3, 0.4) is 0 Å². The van der Waals surface area contributed by atoms with Gasteiger partial charge >= 0.3 is 5.97 Å². The van der Waals surface area contributed by atoms with Gasteiger partial charge in [-0.1, -0.05) is 53.8 Å². The topological polar surface area (TPSA) is 26.3 Å². The van der Waals surface area contributed by atoms with Gasteiger partial charge < -0.3 is 4.74 Å². The number of benzene rings is 3. The van der Waals surface area contributed by atoms with E-state index in [4.69, 9.17) is 4.74 Å². The van der Waals surface area contributed by atoms with Crippen molar-refractivity contribution in [3.05, 3.63) is 77.4 Å². The van der Waals surface area contributed by atoms with Crippen LogP contribution in [0.15, 0.2) is 60.7 Å². The van der Waals surface area contributed by atoms with Gasteiger partial charge in [0.15, 0.2) is 0 Å². The van der Waals surface area contributed by atoms with Crippen LogP contribution in [-0.2, 0) is 4.79 Å². The molecule has 3 aromatic carbocycles. The van der Waals surface area contributed by atoms with Crippen LogP contribution in [-0.4, -0.2) is 5.97 Å². The average molecular weight is 300 g/mol. The minimum absolute atomic E-state index is 0.334. The summed E-state index contributed by atoms with van der Waals surface area (Å²) in [4.78, 5) is 11.3. The fourth-order valence-electron chi connectivity index (χ4n) is 2.37. The maximum atomic E-state index is 11.3. The van der Waals surface area contributed by atoms with Gasteiger partial charge in [0.2, 0.25) is 0 Å². The Hall–Kier alpha value is -3.05. The summed E-state index contributed by atoms with van der Waals surface area (Å²) < 4.78 is 5.33. The number of aryl methyl sites for hydroxylation is 1. The van der Waals surface area contributed by atoms with E-state index >= 15 is 0 Å². The number of rotatable bonds is 1. The third-order valence-electron chi connectivity index (χ3n) is 3.48. The number of fused-ring (bicyclic) bond motifs is 1. The van der Waals surface area contributed by atoms with Crippen molar-refractivity contribution in [2.24, 2.45) is 0 Å². The molecule has 112 valence electrons. The Labute approximate surface area is 135 Å². The van der Waals surface area contributed by atoms with Crippen molar-refractivity contribution >= 4 is 16.7 Å². The molecule has 2 nitrogen and oxygen atoms in total. The molecule has 0 spiro atoms. The van der Waals surface area contributed by atoms with Crippen LogP contribution >= 0.6 is 0 Å². The summed E-state index contributed by atoms with van der Waals surface area (Å²) in [6.45, 7) is 3.45. The van der Waals surface area contributed by atoms with Crippen LogP contribution in [0.5, 0.6) is 5.75 Å². The van der Waals surface area contributed by atoms with E-state index in [-0.39, 0.29) is 5.97 Å². The largest absolute Gasteiger partial charge is 0.426 e. The van der Waals surface area contributed by atoms with E-state index in [1.165, 1.54) is 12.5 Å². The molecule has 0 unspecified atom stereocenters. The first-order valence-corrected chi connectivity index (χ1v) is 7.42. The lowest BCUT2D eigenvalue weighted by atomic mass is 10.1. The van der Waals surface area contributed by atoms with Crippen molar-refractivity contribution in [3.8, 4) is 17.6 Å². The van der Waals surface area contributed by atoms with Crippen LogP contribution in [0, 0.1) is 18.8 Å². The first-order valence-electron chi connectivity index (χ1n) is 7.42. The molecule has 0 heterocycles. The molecule has 0 aromatic heterocycles. The predicted octanol–water partition coefficient (Wildman–Crippen LogP) is 4.47. The Bertz CT molecular complexity index is 925. The van der Waals surface area contributed by atoms with Crippen molar-refractivity contribution in [1.29, 1.82) is 0 Å². The molecule has 0 fully saturated rings. The fraction of sp³-hybridized carbons (Fsp3) is 0.0952. The van der Waals surface area contributed by atoms with E-state index in [0.717, 1.165) is 21.9 Å². The number of esters is 1. The zero-order valence-electron chi connectivity index (χ0n) is 13.1. The second-order valence-corrected chi connectivity index (χ2v) is 5.41. The van der Waals surface area contributed by atoms with E-state index in [1.54, 1.807) is 0 Å². The highest BCUT2D eigenvalue weighted by Gasteiger charge is 2.06. The van der Waals surface area contributed by atoms with E-state index in [9.17, 15) is 4.79 Å². The van der Waals surface area contributed by atoms with E-state index in [0.29, 0.717) is 5.75 Å². The molecule has 23 heavy (non-hydrogen) atoms. The van der Waals surface area contributed by atoms with Crippen molar-refractivity contribution in [2.75, 3.05) is 0 Å². The number of hydrogen-bond donors (Lipinski definition) is 0. The molecular weight excluding hydrogens is 284 g/mol. The summed E-state index contributed by atoms with van der Waals surface area (Å²) in [5.74, 6) is 6.50. The summed E-state index contributed by atoms with van der Waals surface area (Å²) >= 11 is 0. The molecule has 0 aliphatic heterocycles. The third-order valence-corrected chi connectivity index (χ3v) is 3.48. The smallest absolute Gasteiger partial charge is 0.308 e. The fourth-order valence-corrected chi connectivity index (χ4v) is 2.37. The Morgan fingerprint density at radius 3 is 2.35 bits per heavy atom. The molecule has 0 N–H and O–H groups in total. The first kappa shape index (κ1) is 14.9. The van der Waals surface area contributed by atoms with E-state index in [2.05, 4.69) is 11.8 Å². The molecule has 3 rings (SSSR count). The molecule has 0 saturated heterocycles. The van der Waals surface area contributed by atoms with E-state index in [1.807, 2.05) is 67.6 Å². The van der Waals surface area contributed by atoms with Gasteiger partial charge in [0.1, 0.15) is 5.75 Å². The summed E-state index contributed by atoms with van der Waals surface area (Å²) in [5, 5.41) is 1.91. The van der Waals surface area contributed by atoms with Crippen LogP contribution in [0.1, 0.15) is 23.6 Å². The van der Waals surface area contributed by atoms with Gasteiger partial charge in [0.05, 0.1) is 0 Å². The van der Waals surface area contributed by atoms with Crippen molar-refractivity contribution in [2.45, 2.75) is 13.8 Å². The Kier molecular flexibility index (Phi) is 4.12. The highest BCUT2D eigenvalue weighted by molar-refractivity contribution is 5.91. The quantitative estimate of drug-likeness (QED) is 0.376. The lowest BCUT2D eigenvalue weighted by Gasteiger charge is -2.07. The second kappa shape index (κ2) is 6.37. The van der Waals surface area contributed by atoms with Crippen molar-refractivity contribution < 1.29 is 9.53 Å². The molecule has 0 bridgehead atoms. The van der Waals surface area contributed by atoms with Gasteiger partial charge in [-0.2, -0.15) is 0 Å². The monoisotopic (exact) mass is 300 g/mol. The number of hydrogen-bond acceptors (Lipinski definition) is 2. The molecule has 0 radical (unpaired) electrons. The molecule has 0 amide bonds. The molecule has 0 aliphatic rings. The van der Waals surface area contributed by atoms with Crippen molar-refractivity contribution in [1.82, 2.24) is 0 Å². The summed E-state index contributed by atoms with van der Waals surface area (Å²) in [6.07, 6.45) is 0. The molecular formula is C21H16O2. The second-order valence-electron chi connectivity index (χ2n) is 5.41. The normalized spacial score (nSPS) is 10.0. The van der Waals surface area contributed by atoms with Crippen LogP contribution < -0.4 is 4.74 Å². The summed E-state index contributed by atoms with van der Waals surface area (Å²) in [6, 6.07) is 19.7. The number of carbonyl (C=O) groups excluding carboxylic acids is 1. The Morgan fingerprint density at radius 2 is 1.61 bits per heavy atom. The molecule has 0 atom stereocenters. The predicted molar refractivity (Wildman–Crippen MR) is 92.4 cm³/mol. The van der Waals surface area contributed by atoms with Gasteiger partial charge in [-0.25, -0.2) is 0 Å². The Balaban J connectivity index is 2.04. The molecule has 0 aliphatic carbocycles. The summed E-state index contributed by atoms with van der Waals surface area (Å²) in [7, 11) is 0. The highest BCUT2D eigenvalue weighted by atomic mass is 16.5. The minimum Gasteiger partial charge on any atom is -0.426 e. The zero-order valence-corrected chi connectivity index (χ0v) is 13.1. The minimum atomic E-state index is -0.334. The maximum Gasteiger partial charge on any atom is 0.308 e. The van der Waals surface area contributed by atoms with Crippen LogP contribution in [0.2, 0.25) is 0 Å². The average Bonchev–Trinajstić information content (AvgIpc) is 2.54. The van der Waals surface area contributed by atoms with Gasteiger partial charge in [0, 0.05) is 23.4 Å². The van der Waals surface area contributed by atoms with Gasteiger partial charge in [-0.3, -0.25) is 4.79 Å². The van der Waals surface area contributed by atoms with Crippen LogP contribution in [0.25, 0.3) is 10.8 Å². The van der Waals surface area contributed by atoms with Gasteiger partial charge in [-0.15, -0.1) is 0 Å². The van der Waals surface area contributed by atoms with Gasteiger partial charge in [0.25, 0.3) is 0 Å². The lowest BCUT2D eigenvalue weighted by Crippen LogP contribution is -2.02. The standard InChI is InChI=1S/C21H16O2/c1-15-7-9-17(10-8-15)11-12-18-13-19-5-3-4-6-20(19)21(14-18)23-16(2)22/h3-10,13-14H,1-2H3. The lowest BCUT2D eigenvalue weighted by molar-refractivity contribution is -0.131.